The number of aromatic nitrogens is 2. The predicted octanol–water partition coefficient (Wildman–Crippen LogP) is 4.15. The van der Waals surface area contributed by atoms with Crippen molar-refractivity contribution >= 4 is 11.7 Å². The van der Waals surface area contributed by atoms with E-state index in [9.17, 15) is 4.79 Å². The van der Waals surface area contributed by atoms with Crippen LogP contribution in [0.3, 0.4) is 0 Å². The van der Waals surface area contributed by atoms with Crippen molar-refractivity contribution in [1.29, 1.82) is 0 Å². The number of amides is 2. The molecule has 1 aromatic heterocycles. The molecule has 0 spiro atoms. The predicted molar refractivity (Wildman–Crippen MR) is 115 cm³/mol. The Bertz CT molecular complexity index is 1020. The second-order valence-electron chi connectivity index (χ2n) is 8.15. The normalized spacial score (nSPS) is 23.3. The van der Waals surface area contributed by atoms with Crippen molar-refractivity contribution in [2.24, 2.45) is 0 Å². The minimum absolute atomic E-state index is 0.195. The lowest BCUT2D eigenvalue weighted by Crippen LogP contribution is -2.49. The summed E-state index contributed by atoms with van der Waals surface area (Å²) in [7, 11) is 2.20. The van der Waals surface area contributed by atoms with Gasteiger partial charge in [-0.2, -0.15) is 4.98 Å². The highest BCUT2D eigenvalue weighted by Crippen LogP contribution is 2.34. The van der Waals surface area contributed by atoms with Crippen LogP contribution in [0, 0.1) is 0 Å². The Morgan fingerprint density at radius 3 is 2.50 bits per heavy atom. The first-order valence-electron chi connectivity index (χ1n) is 10.5. The van der Waals surface area contributed by atoms with Crippen LogP contribution in [0.4, 0.5) is 10.5 Å². The summed E-state index contributed by atoms with van der Waals surface area (Å²) in [6.07, 6.45) is 4.47. The number of piperidine rings is 1. The second-order valence-corrected chi connectivity index (χ2v) is 8.15. The molecular weight excluding hydrogens is 378 g/mol. The Labute approximate surface area is 175 Å². The number of fused-ring (bicyclic) bond motifs is 2. The molecule has 5 rings (SSSR count). The van der Waals surface area contributed by atoms with Crippen molar-refractivity contribution in [1.82, 2.24) is 20.4 Å². The number of hydrogen-bond acceptors (Lipinski definition) is 5. The molecule has 2 aliphatic heterocycles. The van der Waals surface area contributed by atoms with Gasteiger partial charge < -0.3 is 20.1 Å². The Balaban J connectivity index is 1.30. The van der Waals surface area contributed by atoms with Crippen LogP contribution in [0.5, 0.6) is 0 Å². The van der Waals surface area contributed by atoms with E-state index in [1.807, 2.05) is 54.6 Å². The van der Waals surface area contributed by atoms with E-state index in [1.54, 1.807) is 0 Å². The smallest absolute Gasteiger partial charge is 0.319 e. The van der Waals surface area contributed by atoms with Crippen molar-refractivity contribution in [3.05, 3.63) is 54.6 Å². The van der Waals surface area contributed by atoms with Crippen LogP contribution in [-0.2, 0) is 0 Å². The van der Waals surface area contributed by atoms with E-state index >= 15 is 0 Å². The van der Waals surface area contributed by atoms with Crippen LogP contribution in [0.1, 0.15) is 25.7 Å². The molecule has 3 aromatic rings. The maximum absolute atomic E-state index is 12.7. The molecule has 7 heteroatoms. The van der Waals surface area contributed by atoms with Crippen LogP contribution in [0.25, 0.3) is 22.8 Å². The highest BCUT2D eigenvalue weighted by atomic mass is 16.5. The van der Waals surface area contributed by atoms with Crippen molar-refractivity contribution in [3.63, 3.8) is 0 Å². The fourth-order valence-corrected chi connectivity index (χ4v) is 4.69. The van der Waals surface area contributed by atoms with Gasteiger partial charge in [0.15, 0.2) is 0 Å². The Morgan fingerprint density at radius 2 is 1.73 bits per heavy atom. The number of anilines is 1. The number of nitrogens with one attached hydrogen (secondary N) is 2. The van der Waals surface area contributed by atoms with E-state index in [0.29, 0.717) is 35.0 Å². The fraction of sp³-hybridized carbons (Fsp3) is 0.348. The molecule has 0 unspecified atom stereocenters. The van der Waals surface area contributed by atoms with E-state index in [2.05, 4.69) is 32.7 Å². The minimum atomic E-state index is -0.195. The molecule has 30 heavy (non-hydrogen) atoms. The number of para-hydroxylation sites is 1. The van der Waals surface area contributed by atoms with Crippen molar-refractivity contribution in [2.75, 3.05) is 12.4 Å². The molecule has 0 radical (unpaired) electrons. The fourth-order valence-electron chi connectivity index (χ4n) is 4.69. The third-order valence-electron chi connectivity index (χ3n) is 6.30. The number of urea groups is 1. The van der Waals surface area contributed by atoms with Gasteiger partial charge in [-0.25, -0.2) is 4.79 Å². The lowest BCUT2D eigenvalue weighted by Gasteiger charge is -2.36. The Hall–Kier alpha value is -3.19. The van der Waals surface area contributed by atoms with Crippen LogP contribution in [-0.4, -0.2) is 46.2 Å². The van der Waals surface area contributed by atoms with Gasteiger partial charge in [-0.1, -0.05) is 47.6 Å². The highest BCUT2D eigenvalue weighted by Gasteiger charge is 2.38. The van der Waals surface area contributed by atoms with Crippen molar-refractivity contribution < 1.29 is 9.32 Å². The largest absolute Gasteiger partial charge is 0.335 e. The summed E-state index contributed by atoms with van der Waals surface area (Å²) in [5.74, 6) is 0.897. The van der Waals surface area contributed by atoms with E-state index < -0.39 is 0 Å². The molecule has 2 fully saturated rings. The van der Waals surface area contributed by atoms with Crippen LogP contribution >= 0.6 is 0 Å². The number of carbonyl (C=O) groups is 1. The van der Waals surface area contributed by atoms with Gasteiger partial charge in [0.1, 0.15) is 0 Å². The van der Waals surface area contributed by atoms with Gasteiger partial charge in [0.05, 0.1) is 11.3 Å². The molecule has 2 aliphatic rings. The van der Waals surface area contributed by atoms with Gasteiger partial charge in [-0.15, -0.1) is 0 Å². The molecule has 2 N–H and O–H groups in total. The number of carbonyl (C=O) groups excluding carboxylic acids is 1. The zero-order valence-corrected chi connectivity index (χ0v) is 16.9. The van der Waals surface area contributed by atoms with Crippen LogP contribution < -0.4 is 10.6 Å². The lowest BCUT2D eigenvalue weighted by atomic mass is 9.98. The van der Waals surface area contributed by atoms with Crippen LogP contribution in [0.15, 0.2) is 59.1 Å². The highest BCUT2D eigenvalue weighted by molar-refractivity contribution is 5.93. The molecule has 2 aromatic carbocycles. The standard InChI is InChI=1S/C23H25N5O2/c1-28-17-11-12-18(28)14-16(13-17)24-23(29)25-20-10-6-5-9-19(20)22-26-21(27-30-22)15-7-3-2-4-8-15/h2-10,16-18H,11-14H2,1H3,(H2,24,25,29)/t16-,17+,18-. The van der Waals surface area contributed by atoms with E-state index in [4.69, 9.17) is 4.52 Å². The van der Waals surface area contributed by atoms with Gasteiger partial charge >= 0.3 is 6.03 Å². The molecule has 0 saturated carbocycles. The third-order valence-corrected chi connectivity index (χ3v) is 6.30. The zero-order valence-electron chi connectivity index (χ0n) is 16.9. The summed E-state index contributed by atoms with van der Waals surface area (Å²) in [4.78, 5) is 19.7. The van der Waals surface area contributed by atoms with Gasteiger partial charge in [-0.05, 0) is 44.9 Å². The SMILES string of the molecule is CN1[C@@H]2CC[C@H]1C[C@@H](NC(=O)Nc1ccccc1-c1nc(-c3ccccc3)no1)C2. The minimum Gasteiger partial charge on any atom is -0.335 e. The van der Waals surface area contributed by atoms with Crippen LogP contribution in [0.2, 0.25) is 0 Å². The first kappa shape index (κ1) is 18.8. The van der Waals surface area contributed by atoms with Crippen molar-refractivity contribution in [2.45, 2.75) is 43.8 Å². The van der Waals surface area contributed by atoms with Crippen molar-refractivity contribution in [3.8, 4) is 22.8 Å². The maximum atomic E-state index is 12.7. The molecule has 2 amide bonds. The summed E-state index contributed by atoms with van der Waals surface area (Å²) < 4.78 is 5.49. The van der Waals surface area contributed by atoms with Gasteiger partial charge in [0.25, 0.3) is 5.89 Å². The van der Waals surface area contributed by atoms with Gasteiger partial charge in [0, 0.05) is 23.7 Å². The molecule has 3 heterocycles. The molecule has 7 nitrogen and oxygen atoms in total. The Kier molecular flexibility index (Phi) is 4.96. The van der Waals surface area contributed by atoms with Gasteiger partial charge in [0.2, 0.25) is 5.82 Å². The molecule has 0 aliphatic carbocycles. The number of rotatable bonds is 4. The molecule has 154 valence electrons. The maximum Gasteiger partial charge on any atom is 0.319 e. The average molecular weight is 403 g/mol. The number of hydrogen-bond donors (Lipinski definition) is 2. The second kappa shape index (κ2) is 7.91. The lowest BCUT2D eigenvalue weighted by molar-refractivity contribution is 0.151. The summed E-state index contributed by atoms with van der Waals surface area (Å²) in [6.45, 7) is 0. The molecule has 2 saturated heterocycles. The Morgan fingerprint density at radius 1 is 1.03 bits per heavy atom. The summed E-state index contributed by atoms with van der Waals surface area (Å²) in [5, 5.41) is 10.2. The molecule has 2 bridgehead atoms. The first-order valence-corrected chi connectivity index (χ1v) is 10.5. The number of nitrogens with zero attached hydrogens (tertiary/aromatic N) is 3. The zero-order chi connectivity index (χ0) is 20.5. The summed E-state index contributed by atoms with van der Waals surface area (Å²) in [5.41, 5.74) is 2.23. The summed E-state index contributed by atoms with van der Waals surface area (Å²) in [6, 6.07) is 18.3. The first-order chi connectivity index (χ1) is 14.7. The van der Waals surface area contributed by atoms with E-state index in [-0.39, 0.29) is 12.1 Å². The van der Waals surface area contributed by atoms with E-state index in [1.165, 1.54) is 12.8 Å². The third kappa shape index (κ3) is 3.68. The molecule has 3 atom stereocenters. The monoisotopic (exact) mass is 403 g/mol. The van der Waals surface area contributed by atoms with E-state index in [0.717, 1.165) is 18.4 Å². The number of benzene rings is 2. The topological polar surface area (TPSA) is 83.3 Å². The van der Waals surface area contributed by atoms with Gasteiger partial charge in [-0.3, -0.25) is 0 Å². The average Bonchev–Trinajstić information content (AvgIpc) is 3.31. The summed E-state index contributed by atoms with van der Waals surface area (Å²) >= 11 is 0. The quantitative estimate of drug-likeness (QED) is 0.684. The molecular formula is C23H25N5O2.